The summed E-state index contributed by atoms with van der Waals surface area (Å²) in [6.07, 6.45) is 5.10. The molecule has 0 spiro atoms. The number of hydrogen-bond acceptors (Lipinski definition) is 3. The zero-order valence-electron chi connectivity index (χ0n) is 17.9. The van der Waals surface area contributed by atoms with E-state index in [0.29, 0.717) is 16.5 Å². The molecule has 1 aliphatic heterocycles. The van der Waals surface area contributed by atoms with Crippen molar-refractivity contribution >= 4 is 44.1 Å². The highest BCUT2D eigenvalue weighted by Crippen LogP contribution is 2.45. The van der Waals surface area contributed by atoms with Crippen LogP contribution in [0, 0.1) is 11.3 Å². The number of halogens is 1. The maximum absolute atomic E-state index is 13.4. The SMILES string of the molecule is CC(C)(C)C1CCc2c(sc(NC(=O)c3ccccc3Br)c2C(=O)N2CCCC2)C1. The number of likely N-dealkylation sites (tertiary alicyclic amines) is 1. The van der Waals surface area contributed by atoms with Crippen molar-refractivity contribution in [3.63, 3.8) is 0 Å². The molecule has 2 aliphatic rings. The highest BCUT2D eigenvalue weighted by atomic mass is 79.9. The van der Waals surface area contributed by atoms with Crippen molar-refractivity contribution in [1.29, 1.82) is 0 Å². The van der Waals surface area contributed by atoms with Crippen molar-refractivity contribution in [3.05, 3.63) is 50.3 Å². The summed E-state index contributed by atoms with van der Waals surface area (Å²) < 4.78 is 0.754. The van der Waals surface area contributed by atoms with E-state index in [-0.39, 0.29) is 17.2 Å². The standard InChI is InChI=1S/C24H29BrN2O2S/c1-24(2,3)15-10-11-17-19(14-15)30-22(20(17)23(29)27-12-6-7-13-27)26-21(28)16-8-4-5-9-18(16)25/h4-5,8-9,15H,6-7,10-14H2,1-3H3,(H,26,28). The molecule has 1 fully saturated rings. The highest BCUT2D eigenvalue weighted by molar-refractivity contribution is 9.10. The van der Waals surface area contributed by atoms with Crippen LogP contribution in [-0.2, 0) is 12.8 Å². The van der Waals surface area contributed by atoms with Crippen LogP contribution in [0.4, 0.5) is 5.00 Å². The fourth-order valence-electron chi connectivity index (χ4n) is 4.53. The number of carbonyl (C=O) groups is 2. The fourth-order valence-corrected chi connectivity index (χ4v) is 6.31. The molecule has 1 N–H and O–H groups in total. The van der Waals surface area contributed by atoms with Crippen LogP contribution in [0.15, 0.2) is 28.7 Å². The van der Waals surface area contributed by atoms with Crippen molar-refractivity contribution in [1.82, 2.24) is 4.90 Å². The van der Waals surface area contributed by atoms with Gasteiger partial charge in [0.2, 0.25) is 0 Å². The Kier molecular flexibility index (Phi) is 6.08. The van der Waals surface area contributed by atoms with Gasteiger partial charge in [-0.25, -0.2) is 0 Å². The Labute approximate surface area is 191 Å². The summed E-state index contributed by atoms with van der Waals surface area (Å²) in [5.41, 5.74) is 2.72. The van der Waals surface area contributed by atoms with E-state index in [0.717, 1.165) is 55.2 Å². The Hall–Kier alpha value is -1.66. The Morgan fingerprint density at radius 1 is 1.17 bits per heavy atom. The molecule has 1 atom stereocenters. The monoisotopic (exact) mass is 488 g/mol. The average Bonchev–Trinajstić information content (AvgIpc) is 3.34. The molecule has 2 amide bonds. The van der Waals surface area contributed by atoms with E-state index in [1.165, 1.54) is 10.4 Å². The van der Waals surface area contributed by atoms with Gasteiger partial charge in [-0.05, 0) is 77.1 Å². The number of anilines is 1. The molecule has 2 aromatic rings. The molecule has 4 rings (SSSR count). The second-order valence-corrected chi connectivity index (χ2v) is 11.4. The molecule has 1 aromatic heterocycles. The van der Waals surface area contributed by atoms with E-state index in [4.69, 9.17) is 0 Å². The summed E-state index contributed by atoms with van der Waals surface area (Å²) >= 11 is 5.07. The molecule has 1 aromatic carbocycles. The molecular formula is C24H29BrN2O2S. The van der Waals surface area contributed by atoms with E-state index in [1.54, 1.807) is 17.4 Å². The maximum atomic E-state index is 13.4. The Bertz CT molecular complexity index is 970. The van der Waals surface area contributed by atoms with Crippen molar-refractivity contribution in [3.8, 4) is 0 Å². The van der Waals surface area contributed by atoms with Crippen LogP contribution in [0.1, 0.15) is 71.2 Å². The lowest BCUT2D eigenvalue weighted by Gasteiger charge is -2.34. The molecule has 1 unspecified atom stereocenters. The number of benzene rings is 1. The number of rotatable bonds is 3. The van der Waals surface area contributed by atoms with Gasteiger partial charge in [0.1, 0.15) is 5.00 Å². The Morgan fingerprint density at radius 2 is 1.87 bits per heavy atom. The van der Waals surface area contributed by atoms with Crippen LogP contribution in [0.2, 0.25) is 0 Å². The second-order valence-electron chi connectivity index (χ2n) is 9.45. The average molecular weight is 489 g/mol. The summed E-state index contributed by atoms with van der Waals surface area (Å²) in [6.45, 7) is 8.50. The van der Waals surface area contributed by atoms with E-state index in [2.05, 4.69) is 42.0 Å². The first kappa shape index (κ1) is 21.6. The summed E-state index contributed by atoms with van der Waals surface area (Å²) in [7, 11) is 0. The maximum Gasteiger partial charge on any atom is 0.257 e. The fraction of sp³-hybridized carbons (Fsp3) is 0.500. The van der Waals surface area contributed by atoms with Crippen LogP contribution in [-0.4, -0.2) is 29.8 Å². The minimum Gasteiger partial charge on any atom is -0.339 e. The second kappa shape index (κ2) is 8.46. The van der Waals surface area contributed by atoms with Gasteiger partial charge in [0.25, 0.3) is 11.8 Å². The van der Waals surface area contributed by atoms with Gasteiger partial charge in [0, 0.05) is 22.4 Å². The molecule has 6 heteroatoms. The van der Waals surface area contributed by atoms with Crippen LogP contribution in [0.3, 0.4) is 0 Å². The zero-order chi connectivity index (χ0) is 21.5. The Balaban J connectivity index is 1.70. The first-order valence-corrected chi connectivity index (χ1v) is 12.4. The van der Waals surface area contributed by atoms with Crippen LogP contribution in [0.5, 0.6) is 0 Å². The number of nitrogens with one attached hydrogen (secondary N) is 1. The number of amides is 2. The lowest BCUT2D eigenvalue weighted by molar-refractivity contribution is 0.0792. The summed E-state index contributed by atoms with van der Waals surface area (Å²) in [6, 6.07) is 7.39. The topological polar surface area (TPSA) is 49.4 Å². The van der Waals surface area contributed by atoms with Gasteiger partial charge in [-0.3, -0.25) is 9.59 Å². The van der Waals surface area contributed by atoms with Crippen LogP contribution >= 0.6 is 27.3 Å². The molecule has 0 saturated carbocycles. The van der Waals surface area contributed by atoms with Gasteiger partial charge in [0.15, 0.2) is 0 Å². The van der Waals surface area contributed by atoms with E-state index in [9.17, 15) is 9.59 Å². The quantitative estimate of drug-likeness (QED) is 0.562. The number of thiophene rings is 1. The third kappa shape index (κ3) is 4.22. The van der Waals surface area contributed by atoms with Crippen molar-refractivity contribution in [2.75, 3.05) is 18.4 Å². The third-order valence-electron chi connectivity index (χ3n) is 6.44. The molecule has 160 valence electrons. The van der Waals surface area contributed by atoms with Crippen molar-refractivity contribution in [2.45, 2.75) is 52.9 Å². The zero-order valence-corrected chi connectivity index (χ0v) is 20.3. The molecular weight excluding hydrogens is 460 g/mol. The number of hydrogen-bond donors (Lipinski definition) is 1. The first-order valence-electron chi connectivity index (χ1n) is 10.8. The molecule has 2 heterocycles. The van der Waals surface area contributed by atoms with E-state index >= 15 is 0 Å². The lowest BCUT2D eigenvalue weighted by Crippen LogP contribution is -2.30. The van der Waals surface area contributed by atoms with Gasteiger partial charge >= 0.3 is 0 Å². The molecule has 30 heavy (non-hydrogen) atoms. The lowest BCUT2D eigenvalue weighted by atomic mass is 9.72. The summed E-state index contributed by atoms with van der Waals surface area (Å²) in [4.78, 5) is 29.7. The smallest absolute Gasteiger partial charge is 0.257 e. The molecule has 0 bridgehead atoms. The molecule has 4 nitrogen and oxygen atoms in total. The van der Waals surface area contributed by atoms with E-state index < -0.39 is 0 Å². The predicted octanol–water partition coefficient (Wildman–Crippen LogP) is 6.15. The third-order valence-corrected chi connectivity index (χ3v) is 8.30. The molecule has 1 aliphatic carbocycles. The van der Waals surface area contributed by atoms with E-state index in [1.807, 2.05) is 23.1 Å². The normalized spacial score (nSPS) is 18.9. The predicted molar refractivity (Wildman–Crippen MR) is 127 cm³/mol. The summed E-state index contributed by atoms with van der Waals surface area (Å²) in [5.74, 6) is 0.496. The summed E-state index contributed by atoms with van der Waals surface area (Å²) in [5, 5.41) is 3.80. The highest BCUT2D eigenvalue weighted by Gasteiger charge is 2.35. The largest absolute Gasteiger partial charge is 0.339 e. The van der Waals surface area contributed by atoms with Gasteiger partial charge in [-0.15, -0.1) is 11.3 Å². The Morgan fingerprint density at radius 3 is 2.53 bits per heavy atom. The van der Waals surface area contributed by atoms with Gasteiger partial charge in [0.05, 0.1) is 11.1 Å². The minimum atomic E-state index is -0.177. The number of fused-ring (bicyclic) bond motifs is 1. The first-order chi connectivity index (χ1) is 14.3. The minimum absolute atomic E-state index is 0.0848. The van der Waals surface area contributed by atoms with Crippen LogP contribution in [0.25, 0.3) is 0 Å². The van der Waals surface area contributed by atoms with Crippen molar-refractivity contribution in [2.24, 2.45) is 11.3 Å². The van der Waals surface area contributed by atoms with Gasteiger partial charge < -0.3 is 10.2 Å². The molecule has 0 radical (unpaired) electrons. The van der Waals surface area contributed by atoms with Crippen LogP contribution < -0.4 is 5.32 Å². The number of carbonyl (C=O) groups excluding carboxylic acids is 2. The molecule has 1 saturated heterocycles. The van der Waals surface area contributed by atoms with Gasteiger partial charge in [-0.2, -0.15) is 0 Å². The van der Waals surface area contributed by atoms with Crippen molar-refractivity contribution < 1.29 is 9.59 Å². The number of nitrogens with zero attached hydrogens (tertiary/aromatic N) is 1. The van der Waals surface area contributed by atoms with Gasteiger partial charge in [-0.1, -0.05) is 32.9 Å².